The highest BCUT2D eigenvalue weighted by molar-refractivity contribution is 5.88. The van der Waals surface area contributed by atoms with Crippen LogP contribution < -0.4 is 10.5 Å². The first kappa shape index (κ1) is 16.2. The highest BCUT2D eigenvalue weighted by Gasteiger charge is 2.30. The fourth-order valence-corrected chi connectivity index (χ4v) is 3.72. The van der Waals surface area contributed by atoms with Crippen molar-refractivity contribution in [3.8, 4) is 5.75 Å². The molecule has 3 atom stereocenters. The molecule has 3 rings (SSSR count). The van der Waals surface area contributed by atoms with Gasteiger partial charge in [0.1, 0.15) is 5.75 Å². The molecule has 0 aromatic heterocycles. The van der Waals surface area contributed by atoms with Crippen LogP contribution in [0.15, 0.2) is 36.4 Å². The van der Waals surface area contributed by atoms with E-state index in [0.717, 1.165) is 18.8 Å². The number of ether oxygens (including phenoxy) is 2. The Morgan fingerprint density at radius 2 is 1.87 bits per heavy atom. The highest BCUT2D eigenvalue weighted by atomic mass is 16.5. The fourth-order valence-electron chi connectivity index (χ4n) is 3.72. The summed E-state index contributed by atoms with van der Waals surface area (Å²) in [6.45, 7) is 6.58. The minimum Gasteiger partial charge on any atom is -0.496 e. The minimum atomic E-state index is 0.129. The van der Waals surface area contributed by atoms with Gasteiger partial charge in [0.05, 0.1) is 25.4 Å². The van der Waals surface area contributed by atoms with Crippen molar-refractivity contribution in [1.29, 1.82) is 0 Å². The zero-order valence-corrected chi connectivity index (χ0v) is 14.2. The first-order chi connectivity index (χ1) is 11.1. The molecule has 4 nitrogen and oxygen atoms in total. The van der Waals surface area contributed by atoms with Gasteiger partial charge in [-0.05, 0) is 30.7 Å². The van der Waals surface area contributed by atoms with Gasteiger partial charge in [-0.2, -0.15) is 0 Å². The van der Waals surface area contributed by atoms with Crippen molar-refractivity contribution < 1.29 is 9.47 Å². The van der Waals surface area contributed by atoms with Crippen LogP contribution in [-0.2, 0) is 4.74 Å². The van der Waals surface area contributed by atoms with E-state index in [1.54, 1.807) is 7.11 Å². The van der Waals surface area contributed by atoms with Gasteiger partial charge in [0.2, 0.25) is 0 Å². The fraction of sp³-hybridized carbons (Fsp3) is 0.474. The maximum atomic E-state index is 6.20. The van der Waals surface area contributed by atoms with E-state index in [2.05, 4.69) is 49.1 Å². The van der Waals surface area contributed by atoms with Gasteiger partial charge in [0.25, 0.3) is 0 Å². The molecule has 0 saturated carbocycles. The molecule has 0 unspecified atom stereocenters. The second kappa shape index (κ2) is 6.87. The SMILES string of the molecule is COc1ccc2ccccc2c1[C@H](CN)N1C[C@@H](C)O[C@@H](C)C1. The minimum absolute atomic E-state index is 0.129. The van der Waals surface area contributed by atoms with Crippen molar-refractivity contribution in [1.82, 2.24) is 4.90 Å². The van der Waals surface area contributed by atoms with Crippen LogP contribution >= 0.6 is 0 Å². The Labute approximate surface area is 138 Å². The standard InChI is InChI=1S/C19H26N2O2/c1-13-11-21(12-14(2)23-13)17(10-20)19-16-7-5-4-6-15(16)8-9-18(19)22-3/h4-9,13-14,17H,10-12,20H2,1-3H3/t13-,14+,17-/m0/s1. The third kappa shape index (κ3) is 3.20. The smallest absolute Gasteiger partial charge is 0.124 e. The maximum Gasteiger partial charge on any atom is 0.124 e. The molecule has 23 heavy (non-hydrogen) atoms. The molecule has 2 N–H and O–H groups in total. The van der Waals surface area contributed by atoms with Crippen molar-refractivity contribution in [3.05, 3.63) is 42.0 Å². The summed E-state index contributed by atoms with van der Waals surface area (Å²) in [4.78, 5) is 2.43. The van der Waals surface area contributed by atoms with Crippen LogP contribution in [0.1, 0.15) is 25.5 Å². The number of hydrogen-bond acceptors (Lipinski definition) is 4. The van der Waals surface area contributed by atoms with Gasteiger partial charge in [-0.1, -0.05) is 30.3 Å². The second-order valence-corrected chi connectivity index (χ2v) is 6.37. The van der Waals surface area contributed by atoms with Crippen LogP contribution in [0.25, 0.3) is 10.8 Å². The Balaban J connectivity index is 2.08. The molecular formula is C19H26N2O2. The van der Waals surface area contributed by atoms with Gasteiger partial charge in [-0.25, -0.2) is 0 Å². The molecule has 1 heterocycles. The van der Waals surface area contributed by atoms with Gasteiger partial charge >= 0.3 is 0 Å². The Hall–Kier alpha value is -1.62. The third-order valence-electron chi connectivity index (χ3n) is 4.60. The summed E-state index contributed by atoms with van der Waals surface area (Å²) in [6.07, 6.45) is 0.433. The number of methoxy groups -OCH3 is 1. The summed E-state index contributed by atoms with van der Waals surface area (Å²) >= 11 is 0. The van der Waals surface area contributed by atoms with Gasteiger partial charge in [0.15, 0.2) is 0 Å². The van der Waals surface area contributed by atoms with E-state index in [-0.39, 0.29) is 18.2 Å². The van der Waals surface area contributed by atoms with Gasteiger partial charge in [0, 0.05) is 25.2 Å². The van der Waals surface area contributed by atoms with Crippen LogP contribution in [0.3, 0.4) is 0 Å². The van der Waals surface area contributed by atoms with Crippen LogP contribution in [0.2, 0.25) is 0 Å². The van der Waals surface area contributed by atoms with E-state index in [0.29, 0.717) is 6.54 Å². The number of benzene rings is 2. The molecule has 4 heteroatoms. The van der Waals surface area contributed by atoms with Crippen LogP contribution in [-0.4, -0.2) is 43.9 Å². The monoisotopic (exact) mass is 314 g/mol. The van der Waals surface area contributed by atoms with Crippen molar-refractivity contribution in [2.45, 2.75) is 32.1 Å². The summed E-state index contributed by atoms with van der Waals surface area (Å²) in [6, 6.07) is 12.7. The molecule has 1 aliphatic heterocycles. The topological polar surface area (TPSA) is 47.7 Å². The van der Waals surface area contributed by atoms with Gasteiger partial charge in [-0.3, -0.25) is 4.90 Å². The molecule has 1 aliphatic rings. The molecule has 2 aromatic rings. The van der Waals surface area contributed by atoms with E-state index in [1.165, 1.54) is 16.3 Å². The predicted molar refractivity (Wildman–Crippen MR) is 93.9 cm³/mol. The normalized spacial score (nSPS) is 23.8. The van der Waals surface area contributed by atoms with Crippen molar-refractivity contribution >= 4 is 10.8 Å². The van der Waals surface area contributed by atoms with Crippen LogP contribution in [0.5, 0.6) is 5.75 Å². The third-order valence-corrected chi connectivity index (χ3v) is 4.60. The van der Waals surface area contributed by atoms with Crippen molar-refractivity contribution in [2.24, 2.45) is 5.73 Å². The molecule has 0 spiro atoms. The average molecular weight is 314 g/mol. The highest BCUT2D eigenvalue weighted by Crippen LogP contribution is 2.36. The molecule has 1 saturated heterocycles. The van der Waals surface area contributed by atoms with E-state index in [9.17, 15) is 0 Å². The number of hydrogen-bond donors (Lipinski definition) is 1. The van der Waals surface area contributed by atoms with Crippen LogP contribution in [0.4, 0.5) is 0 Å². The Morgan fingerprint density at radius 1 is 1.17 bits per heavy atom. The molecule has 1 fully saturated rings. The lowest BCUT2D eigenvalue weighted by molar-refractivity contribution is -0.0799. The maximum absolute atomic E-state index is 6.20. The summed E-state index contributed by atoms with van der Waals surface area (Å²) in [5, 5.41) is 2.44. The van der Waals surface area contributed by atoms with E-state index in [4.69, 9.17) is 15.2 Å². The zero-order chi connectivity index (χ0) is 16.4. The van der Waals surface area contributed by atoms with E-state index < -0.39 is 0 Å². The summed E-state index contributed by atoms with van der Waals surface area (Å²) in [5.41, 5.74) is 7.39. The summed E-state index contributed by atoms with van der Waals surface area (Å²) in [7, 11) is 1.73. The van der Waals surface area contributed by atoms with E-state index >= 15 is 0 Å². The van der Waals surface area contributed by atoms with Gasteiger partial charge < -0.3 is 15.2 Å². The lowest BCUT2D eigenvalue weighted by Gasteiger charge is -2.40. The lowest BCUT2D eigenvalue weighted by atomic mass is 9.95. The number of fused-ring (bicyclic) bond motifs is 1. The Morgan fingerprint density at radius 3 is 2.52 bits per heavy atom. The second-order valence-electron chi connectivity index (χ2n) is 6.37. The first-order valence-corrected chi connectivity index (χ1v) is 8.29. The number of nitrogens with two attached hydrogens (primary N) is 1. The summed E-state index contributed by atoms with van der Waals surface area (Å²) in [5.74, 6) is 0.908. The summed E-state index contributed by atoms with van der Waals surface area (Å²) < 4.78 is 11.5. The Bertz CT molecular complexity index is 663. The molecule has 124 valence electrons. The molecule has 0 amide bonds. The molecule has 0 bridgehead atoms. The molecule has 0 aliphatic carbocycles. The van der Waals surface area contributed by atoms with Crippen molar-refractivity contribution in [2.75, 3.05) is 26.7 Å². The lowest BCUT2D eigenvalue weighted by Crippen LogP contribution is -2.48. The van der Waals surface area contributed by atoms with E-state index in [1.807, 2.05) is 6.07 Å². The molecular weight excluding hydrogens is 288 g/mol. The number of morpholine rings is 1. The number of nitrogens with zero attached hydrogens (tertiary/aromatic N) is 1. The Kier molecular flexibility index (Phi) is 4.85. The molecule has 2 aromatic carbocycles. The largest absolute Gasteiger partial charge is 0.496 e. The first-order valence-electron chi connectivity index (χ1n) is 8.29. The zero-order valence-electron chi connectivity index (χ0n) is 14.2. The van der Waals surface area contributed by atoms with Crippen LogP contribution in [0, 0.1) is 0 Å². The average Bonchev–Trinajstić information content (AvgIpc) is 2.55. The van der Waals surface area contributed by atoms with Gasteiger partial charge in [-0.15, -0.1) is 0 Å². The molecule has 0 radical (unpaired) electrons. The quantitative estimate of drug-likeness (QED) is 0.942. The number of rotatable bonds is 4. The van der Waals surface area contributed by atoms with Crippen molar-refractivity contribution in [3.63, 3.8) is 0 Å². The predicted octanol–water partition coefficient (Wildman–Crippen LogP) is 2.96.